The van der Waals surface area contributed by atoms with Crippen molar-refractivity contribution < 1.29 is 0 Å². The van der Waals surface area contributed by atoms with Gasteiger partial charge in [-0.25, -0.2) is 0 Å². The molecule has 1 aromatic carbocycles. The lowest BCUT2D eigenvalue weighted by Crippen LogP contribution is -2.30. The monoisotopic (exact) mass is 169 g/mol. The second kappa shape index (κ2) is 3.06. The zero-order chi connectivity index (χ0) is 9.26. The van der Waals surface area contributed by atoms with Crippen LogP contribution in [-0.2, 0) is 0 Å². The summed E-state index contributed by atoms with van der Waals surface area (Å²) < 4.78 is 0. The number of benzene rings is 1. The lowest BCUT2D eigenvalue weighted by Gasteiger charge is -2.08. The van der Waals surface area contributed by atoms with E-state index < -0.39 is 0 Å². The first kappa shape index (κ1) is 8.07. The van der Waals surface area contributed by atoms with Gasteiger partial charge in [0, 0.05) is 5.57 Å². The number of hydrogen-bond donors (Lipinski definition) is 0. The molecule has 13 heavy (non-hydrogen) atoms. The number of nitriles is 1. The van der Waals surface area contributed by atoms with Gasteiger partial charge in [-0.05, 0) is 30.2 Å². The summed E-state index contributed by atoms with van der Waals surface area (Å²) in [5, 5.41) is 11.3. The van der Waals surface area contributed by atoms with Crippen LogP contribution < -0.4 is 10.4 Å². The molecule has 0 bridgehead atoms. The van der Waals surface area contributed by atoms with Crippen LogP contribution in [0.4, 0.5) is 0 Å². The zero-order valence-corrected chi connectivity index (χ0v) is 7.67. The molecule has 2 rings (SSSR count). The van der Waals surface area contributed by atoms with Gasteiger partial charge in [-0.1, -0.05) is 29.8 Å². The molecule has 1 aliphatic rings. The third kappa shape index (κ3) is 1.25. The predicted molar refractivity (Wildman–Crippen MR) is 53.0 cm³/mol. The summed E-state index contributed by atoms with van der Waals surface area (Å²) in [5.41, 5.74) is 2.33. The van der Waals surface area contributed by atoms with Crippen LogP contribution in [0.2, 0.25) is 0 Å². The van der Waals surface area contributed by atoms with Crippen LogP contribution in [0.25, 0.3) is 11.1 Å². The van der Waals surface area contributed by atoms with E-state index in [4.69, 9.17) is 5.26 Å². The van der Waals surface area contributed by atoms with Gasteiger partial charge in [-0.3, -0.25) is 0 Å². The minimum Gasteiger partial charge on any atom is -0.193 e. The van der Waals surface area contributed by atoms with Crippen molar-refractivity contribution in [1.29, 1.82) is 5.26 Å². The maximum absolute atomic E-state index is 8.93. The van der Waals surface area contributed by atoms with Crippen molar-refractivity contribution in [2.45, 2.75) is 19.8 Å². The lowest BCUT2D eigenvalue weighted by molar-refractivity contribution is 1.04. The number of fused-ring (bicyclic) bond motifs is 1. The van der Waals surface area contributed by atoms with Crippen LogP contribution in [0.5, 0.6) is 0 Å². The average molecular weight is 169 g/mol. The number of hydrogen-bond acceptors (Lipinski definition) is 1. The largest absolute Gasteiger partial charge is 0.193 e. The third-order valence-electron chi connectivity index (χ3n) is 2.60. The minimum absolute atomic E-state index is 0.902. The summed E-state index contributed by atoms with van der Waals surface area (Å²) >= 11 is 0. The van der Waals surface area contributed by atoms with Gasteiger partial charge < -0.3 is 0 Å². The molecule has 0 heterocycles. The molecule has 0 unspecified atom stereocenters. The van der Waals surface area contributed by atoms with Crippen LogP contribution >= 0.6 is 0 Å². The van der Waals surface area contributed by atoms with E-state index in [0.29, 0.717) is 0 Å². The summed E-state index contributed by atoms with van der Waals surface area (Å²) in [6.07, 6.45) is 1.93. The molecule has 0 aliphatic heterocycles. The second-order valence-electron chi connectivity index (χ2n) is 3.42. The average Bonchev–Trinajstić information content (AvgIpc) is 2.19. The predicted octanol–water partition coefficient (Wildman–Crippen LogP) is 1.33. The van der Waals surface area contributed by atoms with Crippen LogP contribution in [0.3, 0.4) is 0 Å². The van der Waals surface area contributed by atoms with Gasteiger partial charge in [0.15, 0.2) is 0 Å². The van der Waals surface area contributed by atoms with Crippen LogP contribution in [-0.4, -0.2) is 0 Å². The normalized spacial score (nSPS) is 15.1. The van der Waals surface area contributed by atoms with Gasteiger partial charge in [0.1, 0.15) is 0 Å². The molecule has 0 fully saturated rings. The van der Waals surface area contributed by atoms with E-state index in [0.717, 1.165) is 23.6 Å². The van der Waals surface area contributed by atoms with Crippen LogP contribution in [0, 0.1) is 11.3 Å². The summed E-state index contributed by atoms with van der Waals surface area (Å²) in [4.78, 5) is 0. The fourth-order valence-electron chi connectivity index (χ4n) is 1.82. The van der Waals surface area contributed by atoms with Crippen molar-refractivity contribution in [1.82, 2.24) is 0 Å². The van der Waals surface area contributed by atoms with E-state index >= 15 is 0 Å². The Morgan fingerprint density at radius 3 is 2.54 bits per heavy atom. The van der Waals surface area contributed by atoms with Crippen molar-refractivity contribution in [2.75, 3.05) is 0 Å². The minimum atomic E-state index is 0.902. The van der Waals surface area contributed by atoms with Crippen molar-refractivity contribution >= 4 is 11.1 Å². The Balaban J connectivity index is 2.96. The third-order valence-corrected chi connectivity index (χ3v) is 2.60. The Morgan fingerprint density at radius 2 is 1.85 bits per heavy atom. The van der Waals surface area contributed by atoms with E-state index in [1.54, 1.807) is 0 Å². The quantitative estimate of drug-likeness (QED) is 0.574. The van der Waals surface area contributed by atoms with E-state index in [2.05, 4.69) is 19.1 Å². The van der Waals surface area contributed by atoms with E-state index in [1.165, 1.54) is 10.8 Å². The van der Waals surface area contributed by atoms with Gasteiger partial charge in [0.2, 0.25) is 0 Å². The van der Waals surface area contributed by atoms with Crippen molar-refractivity contribution in [3.8, 4) is 6.07 Å². The molecule has 1 aromatic rings. The molecule has 1 aliphatic carbocycles. The van der Waals surface area contributed by atoms with Gasteiger partial charge >= 0.3 is 0 Å². The van der Waals surface area contributed by atoms with Gasteiger partial charge in [0.05, 0.1) is 6.07 Å². The van der Waals surface area contributed by atoms with Crippen molar-refractivity contribution in [3.05, 3.63) is 34.7 Å². The summed E-state index contributed by atoms with van der Waals surface area (Å²) in [5.74, 6) is 0. The lowest BCUT2D eigenvalue weighted by atomic mass is 9.95. The van der Waals surface area contributed by atoms with Crippen molar-refractivity contribution in [3.63, 3.8) is 0 Å². The molecule has 0 atom stereocenters. The molecule has 1 nitrogen and oxygen atoms in total. The Morgan fingerprint density at radius 1 is 1.15 bits per heavy atom. The fraction of sp³-hybridized carbons (Fsp3) is 0.250. The first-order valence-electron chi connectivity index (χ1n) is 4.51. The molecule has 0 saturated heterocycles. The maximum Gasteiger partial charge on any atom is 0.0953 e. The molecule has 0 radical (unpaired) electrons. The molecule has 0 N–H and O–H groups in total. The number of rotatable bonds is 0. The Hall–Kier alpha value is -1.55. The van der Waals surface area contributed by atoms with Crippen LogP contribution in [0.15, 0.2) is 24.3 Å². The number of nitrogens with zero attached hydrogens (tertiary/aromatic N) is 1. The summed E-state index contributed by atoms with van der Waals surface area (Å²) in [7, 11) is 0. The molecule has 0 amide bonds. The molecule has 0 saturated carbocycles. The molecule has 0 aromatic heterocycles. The summed E-state index contributed by atoms with van der Waals surface area (Å²) in [6.45, 7) is 2.15. The highest BCUT2D eigenvalue weighted by atomic mass is 14.3. The van der Waals surface area contributed by atoms with Gasteiger partial charge in [-0.2, -0.15) is 5.26 Å². The molecular formula is C12H11N. The highest BCUT2D eigenvalue weighted by molar-refractivity contribution is 5.65. The fourth-order valence-corrected chi connectivity index (χ4v) is 1.82. The van der Waals surface area contributed by atoms with Crippen LogP contribution in [0.1, 0.15) is 19.8 Å². The maximum atomic E-state index is 8.93. The zero-order valence-electron chi connectivity index (χ0n) is 7.67. The van der Waals surface area contributed by atoms with E-state index in [-0.39, 0.29) is 0 Å². The van der Waals surface area contributed by atoms with E-state index in [1.807, 2.05) is 18.2 Å². The molecular weight excluding hydrogens is 158 g/mol. The van der Waals surface area contributed by atoms with Gasteiger partial charge in [0.25, 0.3) is 0 Å². The first-order valence-corrected chi connectivity index (χ1v) is 4.51. The Labute approximate surface area is 77.6 Å². The van der Waals surface area contributed by atoms with E-state index in [9.17, 15) is 0 Å². The Kier molecular flexibility index (Phi) is 1.90. The van der Waals surface area contributed by atoms with Gasteiger partial charge in [-0.15, -0.1) is 0 Å². The molecule has 0 spiro atoms. The Bertz CT molecular complexity index is 489. The SMILES string of the molecule is CC1=c2ccccc2=C(C#N)CC1. The summed E-state index contributed by atoms with van der Waals surface area (Å²) in [6, 6.07) is 10.4. The molecule has 1 heteroatoms. The highest BCUT2D eigenvalue weighted by Gasteiger charge is 2.06. The highest BCUT2D eigenvalue weighted by Crippen LogP contribution is 2.12. The first-order chi connectivity index (χ1) is 6.33. The smallest absolute Gasteiger partial charge is 0.0953 e. The standard InChI is InChI=1S/C12H11N/c1-9-6-7-10(8-13)12-5-3-2-4-11(9)12/h2-5H,6-7H2,1H3. The van der Waals surface area contributed by atoms with Crippen molar-refractivity contribution in [2.24, 2.45) is 0 Å². The topological polar surface area (TPSA) is 23.8 Å². The molecule has 64 valence electrons. The second-order valence-corrected chi connectivity index (χ2v) is 3.42.